The maximum atomic E-state index is 11.5. The van der Waals surface area contributed by atoms with Crippen molar-refractivity contribution < 1.29 is 14.6 Å². The average Bonchev–Trinajstić information content (AvgIpc) is 2.62. The van der Waals surface area contributed by atoms with Crippen molar-refractivity contribution >= 4 is 11.7 Å². The van der Waals surface area contributed by atoms with Crippen LogP contribution < -0.4 is 4.90 Å². The van der Waals surface area contributed by atoms with E-state index < -0.39 is 5.97 Å². The molecule has 1 aromatic heterocycles. The van der Waals surface area contributed by atoms with Gasteiger partial charge in [-0.05, 0) is 13.3 Å². The van der Waals surface area contributed by atoms with Crippen LogP contribution in [0.25, 0.3) is 0 Å². The Balaban J connectivity index is 2.36. The highest BCUT2D eigenvalue weighted by atomic mass is 16.5. The molecule has 0 spiro atoms. The van der Waals surface area contributed by atoms with Crippen LogP contribution in [0.2, 0.25) is 0 Å². The van der Waals surface area contributed by atoms with Crippen LogP contribution in [0.5, 0.6) is 0 Å². The van der Waals surface area contributed by atoms with Gasteiger partial charge in [-0.2, -0.15) is 0 Å². The molecule has 20 heavy (non-hydrogen) atoms. The molecule has 1 atom stereocenters. The molecule has 2 heterocycles. The van der Waals surface area contributed by atoms with Crippen LogP contribution in [-0.4, -0.2) is 46.8 Å². The zero-order chi connectivity index (χ0) is 14.7. The van der Waals surface area contributed by atoms with Crippen LogP contribution in [0, 0.1) is 0 Å². The summed E-state index contributed by atoms with van der Waals surface area (Å²) in [5, 5.41) is 9.39. The zero-order valence-electron chi connectivity index (χ0n) is 12.2. The van der Waals surface area contributed by atoms with Crippen molar-refractivity contribution in [2.45, 2.75) is 39.2 Å². The number of ether oxygens (including phenoxy) is 1. The molecule has 110 valence electrons. The van der Waals surface area contributed by atoms with E-state index in [1.165, 1.54) is 0 Å². The van der Waals surface area contributed by atoms with Crippen LogP contribution in [0.4, 0.5) is 5.69 Å². The van der Waals surface area contributed by atoms with E-state index in [1.54, 1.807) is 6.20 Å². The van der Waals surface area contributed by atoms with Crippen LogP contribution >= 0.6 is 0 Å². The van der Waals surface area contributed by atoms with Gasteiger partial charge in [-0.25, -0.2) is 14.8 Å². The van der Waals surface area contributed by atoms with E-state index in [0.29, 0.717) is 24.7 Å². The zero-order valence-corrected chi connectivity index (χ0v) is 12.2. The summed E-state index contributed by atoms with van der Waals surface area (Å²) in [6, 6.07) is 0. The number of carboxylic acids is 1. The maximum absolute atomic E-state index is 11.5. The molecule has 1 fully saturated rings. The Hall–Kier alpha value is -1.69. The van der Waals surface area contributed by atoms with Gasteiger partial charge in [-0.15, -0.1) is 0 Å². The smallest absolute Gasteiger partial charge is 0.356 e. The lowest BCUT2D eigenvalue weighted by Crippen LogP contribution is -2.32. The molecule has 0 bridgehead atoms. The summed E-state index contributed by atoms with van der Waals surface area (Å²) in [4.78, 5) is 22.0. The van der Waals surface area contributed by atoms with Gasteiger partial charge >= 0.3 is 5.97 Å². The fourth-order valence-corrected chi connectivity index (χ4v) is 2.27. The highest BCUT2D eigenvalue weighted by Gasteiger charge is 2.23. The van der Waals surface area contributed by atoms with E-state index in [1.807, 2.05) is 25.7 Å². The molecule has 1 saturated heterocycles. The molecule has 6 nitrogen and oxygen atoms in total. The SMILES string of the molecule is CC1CN(c2cnc(C(C)C)nc2C(=O)O)CCCO1. The number of carboxylic acid groups (broad SMARTS) is 1. The molecule has 2 rings (SSSR count). The third-order valence-corrected chi connectivity index (χ3v) is 3.30. The van der Waals surface area contributed by atoms with E-state index in [9.17, 15) is 9.90 Å². The average molecular weight is 279 g/mol. The first-order valence-corrected chi connectivity index (χ1v) is 6.95. The number of aromatic carboxylic acids is 1. The largest absolute Gasteiger partial charge is 0.476 e. The van der Waals surface area contributed by atoms with Crippen molar-refractivity contribution in [3.8, 4) is 0 Å². The molecule has 6 heteroatoms. The van der Waals surface area contributed by atoms with Crippen molar-refractivity contribution in [1.82, 2.24) is 9.97 Å². The summed E-state index contributed by atoms with van der Waals surface area (Å²) in [7, 11) is 0. The Morgan fingerprint density at radius 2 is 2.30 bits per heavy atom. The molecule has 0 aromatic carbocycles. The summed E-state index contributed by atoms with van der Waals surface area (Å²) in [5.41, 5.74) is 0.664. The van der Waals surface area contributed by atoms with Crippen LogP contribution in [-0.2, 0) is 4.74 Å². The first-order chi connectivity index (χ1) is 9.49. The summed E-state index contributed by atoms with van der Waals surface area (Å²) in [6.45, 7) is 8.00. The number of aromatic nitrogens is 2. The molecule has 1 aliphatic rings. The molecule has 1 N–H and O–H groups in total. The van der Waals surface area contributed by atoms with E-state index >= 15 is 0 Å². The lowest BCUT2D eigenvalue weighted by atomic mass is 10.2. The molecule has 0 radical (unpaired) electrons. The van der Waals surface area contributed by atoms with Crippen molar-refractivity contribution in [3.63, 3.8) is 0 Å². The topological polar surface area (TPSA) is 75.6 Å². The summed E-state index contributed by atoms with van der Waals surface area (Å²) in [5.74, 6) is -0.346. The molecular formula is C14H21N3O3. The minimum Gasteiger partial charge on any atom is -0.476 e. The number of nitrogens with zero attached hydrogens (tertiary/aromatic N) is 3. The molecule has 1 unspecified atom stereocenters. The Kier molecular flexibility index (Phi) is 4.54. The minimum atomic E-state index is -1.01. The van der Waals surface area contributed by atoms with E-state index in [4.69, 9.17) is 4.74 Å². The fraction of sp³-hybridized carbons (Fsp3) is 0.643. The summed E-state index contributed by atoms with van der Waals surface area (Å²) >= 11 is 0. The van der Waals surface area contributed by atoms with Gasteiger partial charge in [0, 0.05) is 25.6 Å². The second-order valence-corrected chi connectivity index (χ2v) is 5.40. The third-order valence-electron chi connectivity index (χ3n) is 3.30. The van der Waals surface area contributed by atoms with Crippen LogP contribution in [0.1, 0.15) is 49.4 Å². The van der Waals surface area contributed by atoms with Gasteiger partial charge in [-0.3, -0.25) is 0 Å². The number of carbonyl (C=O) groups is 1. The van der Waals surface area contributed by atoms with E-state index in [0.717, 1.165) is 13.0 Å². The molecule has 1 aromatic rings. The van der Waals surface area contributed by atoms with Gasteiger partial charge in [-0.1, -0.05) is 13.8 Å². The van der Waals surface area contributed by atoms with Crippen molar-refractivity contribution in [1.29, 1.82) is 0 Å². The van der Waals surface area contributed by atoms with Crippen molar-refractivity contribution in [2.75, 3.05) is 24.6 Å². The molecule has 1 aliphatic heterocycles. The van der Waals surface area contributed by atoms with E-state index in [-0.39, 0.29) is 17.7 Å². The van der Waals surface area contributed by atoms with Gasteiger partial charge in [0.05, 0.1) is 18.0 Å². The van der Waals surface area contributed by atoms with Crippen molar-refractivity contribution in [2.24, 2.45) is 0 Å². The fourth-order valence-electron chi connectivity index (χ4n) is 2.27. The van der Waals surface area contributed by atoms with Gasteiger partial charge < -0.3 is 14.7 Å². The van der Waals surface area contributed by atoms with Crippen LogP contribution in [0.15, 0.2) is 6.20 Å². The molecule has 0 saturated carbocycles. The number of anilines is 1. The maximum Gasteiger partial charge on any atom is 0.356 e. The lowest BCUT2D eigenvalue weighted by Gasteiger charge is -2.25. The molecular weight excluding hydrogens is 258 g/mol. The normalized spacial score (nSPS) is 20.0. The Morgan fingerprint density at radius 1 is 1.55 bits per heavy atom. The quantitative estimate of drug-likeness (QED) is 0.911. The van der Waals surface area contributed by atoms with Crippen molar-refractivity contribution in [3.05, 3.63) is 17.7 Å². The van der Waals surface area contributed by atoms with Gasteiger partial charge in [0.15, 0.2) is 5.69 Å². The molecule has 0 aliphatic carbocycles. The second kappa shape index (κ2) is 6.17. The number of rotatable bonds is 3. The summed E-state index contributed by atoms with van der Waals surface area (Å²) < 4.78 is 5.59. The Morgan fingerprint density at radius 3 is 2.95 bits per heavy atom. The molecule has 0 amide bonds. The van der Waals surface area contributed by atoms with Gasteiger partial charge in [0.25, 0.3) is 0 Å². The van der Waals surface area contributed by atoms with Crippen LogP contribution in [0.3, 0.4) is 0 Å². The highest BCUT2D eigenvalue weighted by molar-refractivity contribution is 5.92. The third kappa shape index (κ3) is 3.25. The summed E-state index contributed by atoms with van der Waals surface area (Å²) in [6.07, 6.45) is 2.57. The first-order valence-electron chi connectivity index (χ1n) is 6.95. The second-order valence-electron chi connectivity index (χ2n) is 5.40. The first kappa shape index (κ1) is 14.7. The highest BCUT2D eigenvalue weighted by Crippen LogP contribution is 2.22. The lowest BCUT2D eigenvalue weighted by molar-refractivity contribution is 0.0689. The number of hydrogen-bond donors (Lipinski definition) is 1. The Bertz CT molecular complexity index is 491. The minimum absolute atomic E-state index is 0.0731. The van der Waals surface area contributed by atoms with Gasteiger partial charge in [0.1, 0.15) is 5.82 Å². The van der Waals surface area contributed by atoms with E-state index in [2.05, 4.69) is 9.97 Å². The van der Waals surface area contributed by atoms with Gasteiger partial charge in [0.2, 0.25) is 0 Å². The predicted octanol–water partition coefficient (Wildman–Crippen LogP) is 1.91. The number of hydrogen-bond acceptors (Lipinski definition) is 5. The monoisotopic (exact) mass is 279 g/mol. The Labute approximate surface area is 118 Å². The standard InChI is InChI=1S/C14H21N3O3/c1-9(2)13-15-7-11(12(16-13)14(18)19)17-5-4-6-20-10(3)8-17/h7,9-10H,4-6,8H2,1-3H3,(H,18,19). The predicted molar refractivity (Wildman–Crippen MR) is 75.3 cm³/mol.